The Balaban J connectivity index is 1.36. The average Bonchev–Trinajstić information content (AvgIpc) is 2.71. The Kier molecular flexibility index (Phi) is 7.32. The van der Waals surface area contributed by atoms with Gasteiger partial charge >= 0.3 is 0 Å². The van der Waals surface area contributed by atoms with Crippen LogP contribution in [0.15, 0.2) is 73.1 Å². The smallest absolute Gasteiger partial charge is 0.0416 e. The average molecular weight is 346 g/mol. The number of aromatic nitrogens is 2. The van der Waals surface area contributed by atoms with E-state index in [4.69, 9.17) is 0 Å². The Morgan fingerprint density at radius 3 is 1.62 bits per heavy atom. The maximum atomic E-state index is 4.35. The predicted molar refractivity (Wildman–Crippen MR) is 106 cm³/mol. The molecule has 2 N–H and O–H groups in total. The SMILES string of the molecule is c1ccc(CCNCc2cccc(CNCCc3ccccn3)c2)nc1. The number of rotatable bonds is 10. The minimum Gasteiger partial charge on any atom is -0.312 e. The highest BCUT2D eigenvalue weighted by molar-refractivity contribution is 5.23. The third kappa shape index (κ3) is 6.39. The Labute approximate surface area is 155 Å². The molecule has 0 spiro atoms. The summed E-state index contributed by atoms with van der Waals surface area (Å²) >= 11 is 0. The maximum absolute atomic E-state index is 4.35. The molecule has 3 rings (SSSR count). The van der Waals surface area contributed by atoms with Crippen LogP contribution in [0, 0.1) is 0 Å². The number of hydrogen-bond acceptors (Lipinski definition) is 4. The quantitative estimate of drug-likeness (QED) is 0.554. The molecule has 0 aliphatic carbocycles. The van der Waals surface area contributed by atoms with Crippen LogP contribution >= 0.6 is 0 Å². The molecule has 0 amide bonds. The van der Waals surface area contributed by atoms with E-state index in [9.17, 15) is 0 Å². The lowest BCUT2D eigenvalue weighted by atomic mass is 10.1. The summed E-state index contributed by atoms with van der Waals surface area (Å²) in [6.45, 7) is 3.64. The molecule has 0 fully saturated rings. The van der Waals surface area contributed by atoms with Gasteiger partial charge in [-0.2, -0.15) is 0 Å². The summed E-state index contributed by atoms with van der Waals surface area (Å²) in [7, 11) is 0. The van der Waals surface area contributed by atoms with Crippen LogP contribution in [0.2, 0.25) is 0 Å². The lowest BCUT2D eigenvalue weighted by Crippen LogP contribution is -2.18. The molecular weight excluding hydrogens is 320 g/mol. The first-order valence-electron chi connectivity index (χ1n) is 9.19. The highest BCUT2D eigenvalue weighted by atomic mass is 14.9. The third-order valence-electron chi connectivity index (χ3n) is 4.22. The zero-order valence-electron chi connectivity index (χ0n) is 15.1. The van der Waals surface area contributed by atoms with Crippen LogP contribution in [0.3, 0.4) is 0 Å². The van der Waals surface area contributed by atoms with Gasteiger partial charge in [0.1, 0.15) is 0 Å². The van der Waals surface area contributed by atoms with Crippen molar-refractivity contribution in [1.82, 2.24) is 20.6 Å². The van der Waals surface area contributed by atoms with Gasteiger partial charge < -0.3 is 10.6 Å². The van der Waals surface area contributed by atoms with Crippen molar-refractivity contribution in [2.45, 2.75) is 25.9 Å². The monoisotopic (exact) mass is 346 g/mol. The highest BCUT2D eigenvalue weighted by Crippen LogP contribution is 2.05. The van der Waals surface area contributed by atoms with Crippen molar-refractivity contribution >= 4 is 0 Å². The lowest BCUT2D eigenvalue weighted by molar-refractivity contribution is 0.669. The van der Waals surface area contributed by atoms with Crippen molar-refractivity contribution in [3.8, 4) is 0 Å². The van der Waals surface area contributed by atoms with Gasteiger partial charge in [-0.3, -0.25) is 9.97 Å². The van der Waals surface area contributed by atoms with Crippen molar-refractivity contribution in [2.75, 3.05) is 13.1 Å². The van der Waals surface area contributed by atoms with Crippen LogP contribution in [-0.4, -0.2) is 23.1 Å². The van der Waals surface area contributed by atoms with E-state index in [-0.39, 0.29) is 0 Å². The minimum atomic E-state index is 0.884. The fraction of sp³-hybridized carbons (Fsp3) is 0.273. The second-order valence-electron chi connectivity index (χ2n) is 6.32. The summed E-state index contributed by atoms with van der Waals surface area (Å²) in [5.41, 5.74) is 4.89. The fourth-order valence-corrected chi connectivity index (χ4v) is 2.84. The first-order valence-corrected chi connectivity index (χ1v) is 9.19. The van der Waals surface area contributed by atoms with Crippen LogP contribution < -0.4 is 10.6 Å². The molecular formula is C22H26N4. The molecule has 0 saturated heterocycles. The van der Waals surface area contributed by atoms with Gasteiger partial charge in [-0.15, -0.1) is 0 Å². The molecule has 0 radical (unpaired) electrons. The van der Waals surface area contributed by atoms with Crippen molar-refractivity contribution in [3.05, 3.63) is 95.6 Å². The van der Waals surface area contributed by atoms with Gasteiger partial charge in [0.2, 0.25) is 0 Å². The normalized spacial score (nSPS) is 10.8. The van der Waals surface area contributed by atoms with Gasteiger partial charge in [0.05, 0.1) is 0 Å². The summed E-state index contributed by atoms with van der Waals surface area (Å²) < 4.78 is 0. The lowest BCUT2D eigenvalue weighted by Gasteiger charge is -2.08. The molecule has 4 nitrogen and oxygen atoms in total. The maximum Gasteiger partial charge on any atom is 0.0416 e. The van der Waals surface area contributed by atoms with E-state index in [0.717, 1.165) is 50.4 Å². The van der Waals surface area contributed by atoms with Gasteiger partial charge in [-0.25, -0.2) is 0 Å². The van der Waals surface area contributed by atoms with E-state index in [1.807, 2.05) is 36.7 Å². The molecule has 1 aromatic carbocycles. The van der Waals surface area contributed by atoms with Gasteiger partial charge in [0.15, 0.2) is 0 Å². The molecule has 4 heteroatoms. The first-order chi connectivity index (χ1) is 12.9. The van der Waals surface area contributed by atoms with Crippen molar-refractivity contribution in [3.63, 3.8) is 0 Å². The topological polar surface area (TPSA) is 49.8 Å². The van der Waals surface area contributed by atoms with Gasteiger partial charge in [-0.1, -0.05) is 36.4 Å². The van der Waals surface area contributed by atoms with Crippen molar-refractivity contribution < 1.29 is 0 Å². The molecule has 0 unspecified atom stereocenters. The summed E-state index contributed by atoms with van der Waals surface area (Å²) in [5.74, 6) is 0. The van der Waals surface area contributed by atoms with E-state index in [2.05, 4.69) is 57.0 Å². The van der Waals surface area contributed by atoms with E-state index < -0.39 is 0 Å². The van der Waals surface area contributed by atoms with Crippen LogP contribution in [0.4, 0.5) is 0 Å². The molecule has 0 bridgehead atoms. The van der Waals surface area contributed by atoms with E-state index in [1.54, 1.807) is 0 Å². The molecule has 2 aromatic heterocycles. The Hall–Kier alpha value is -2.56. The van der Waals surface area contributed by atoms with E-state index >= 15 is 0 Å². The van der Waals surface area contributed by atoms with Crippen LogP contribution in [-0.2, 0) is 25.9 Å². The third-order valence-corrected chi connectivity index (χ3v) is 4.22. The second-order valence-corrected chi connectivity index (χ2v) is 6.32. The van der Waals surface area contributed by atoms with E-state index in [0.29, 0.717) is 0 Å². The number of pyridine rings is 2. The number of hydrogen-bond donors (Lipinski definition) is 2. The summed E-state index contributed by atoms with van der Waals surface area (Å²) in [4.78, 5) is 8.70. The Morgan fingerprint density at radius 1 is 0.615 bits per heavy atom. The zero-order chi connectivity index (χ0) is 17.9. The standard InChI is InChI=1S/C22H26N4/c1-3-12-25-21(8-1)10-14-23-17-19-6-5-7-20(16-19)18-24-15-11-22-9-2-4-13-26-22/h1-9,12-13,16,23-24H,10-11,14-15,17-18H2. The molecule has 0 atom stereocenters. The molecule has 26 heavy (non-hydrogen) atoms. The van der Waals surface area contributed by atoms with Crippen LogP contribution in [0.5, 0.6) is 0 Å². The predicted octanol–water partition coefficient (Wildman–Crippen LogP) is 3.14. The molecule has 0 aliphatic rings. The number of nitrogens with zero attached hydrogens (tertiary/aromatic N) is 2. The minimum absolute atomic E-state index is 0.884. The zero-order valence-corrected chi connectivity index (χ0v) is 15.1. The second kappa shape index (κ2) is 10.4. The summed E-state index contributed by atoms with van der Waals surface area (Å²) in [5, 5.41) is 6.99. The summed E-state index contributed by atoms with van der Waals surface area (Å²) in [6, 6.07) is 20.8. The van der Waals surface area contributed by atoms with Crippen molar-refractivity contribution in [2.24, 2.45) is 0 Å². The number of nitrogens with one attached hydrogen (secondary N) is 2. The molecule has 0 saturated carbocycles. The van der Waals surface area contributed by atoms with Crippen molar-refractivity contribution in [1.29, 1.82) is 0 Å². The Morgan fingerprint density at radius 2 is 1.15 bits per heavy atom. The molecule has 2 heterocycles. The van der Waals surface area contributed by atoms with Gasteiger partial charge in [0.25, 0.3) is 0 Å². The Bertz CT molecular complexity index is 697. The fourth-order valence-electron chi connectivity index (χ4n) is 2.84. The van der Waals surface area contributed by atoms with Crippen LogP contribution in [0.25, 0.3) is 0 Å². The summed E-state index contributed by atoms with van der Waals surface area (Å²) in [6.07, 6.45) is 5.60. The first kappa shape index (κ1) is 18.2. The van der Waals surface area contributed by atoms with Gasteiger partial charge in [-0.05, 0) is 35.4 Å². The van der Waals surface area contributed by atoms with E-state index in [1.165, 1.54) is 11.1 Å². The molecule has 3 aromatic rings. The largest absolute Gasteiger partial charge is 0.312 e. The number of benzene rings is 1. The molecule has 134 valence electrons. The van der Waals surface area contributed by atoms with Gasteiger partial charge in [0, 0.05) is 62.8 Å². The highest BCUT2D eigenvalue weighted by Gasteiger charge is 1.98. The van der Waals surface area contributed by atoms with Crippen LogP contribution in [0.1, 0.15) is 22.5 Å². The molecule has 0 aliphatic heterocycles.